The zero-order valence-electron chi connectivity index (χ0n) is 26.8. The van der Waals surface area contributed by atoms with E-state index in [2.05, 4.69) is 26.6 Å². The summed E-state index contributed by atoms with van der Waals surface area (Å²) in [4.78, 5) is 86.4. The van der Waals surface area contributed by atoms with E-state index < -0.39 is 36.0 Å². The van der Waals surface area contributed by atoms with E-state index in [-0.39, 0.29) is 69.3 Å². The molecule has 2 rings (SSSR count). The van der Waals surface area contributed by atoms with Gasteiger partial charge in [-0.3, -0.25) is 28.9 Å². The monoisotopic (exact) mass is 658 g/mol. The first-order valence-electron chi connectivity index (χ1n) is 15.6. The van der Waals surface area contributed by atoms with Crippen molar-refractivity contribution in [3.8, 4) is 0 Å². The first-order valence-corrected chi connectivity index (χ1v) is 15.6. The number of primary amides is 1. The third-order valence-corrected chi connectivity index (χ3v) is 7.06. The molecule has 0 fully saturated rings. The predicted molar refractivity (Wildman–Crippen MR) is 172 cm³/mol. The number of anilines is 1. The molecule has 0 aromatic heterocycles. The Balaban J connectivity index is 1.93. The van der Waals surface area contributed by atoms with Gasteiger partial charge in [0.05, 0.1) is 0 Å². The second kappa shape index (κ2) is 20.2. The lowest BCUT2D eigenvalue weighted by molar-refractivity contribution is -0.137. The molecule has 1 aromatic rings. The number of imide groups is 1. The summed E-state index contributed by atoms with van der Waals surface area (Å²) < 4.78 is 5.10. The summed E-state index contributed by atoms with van der Waals surface area (Å²) in [5.41, 5.74) is 11.6. The number of hydrogen-bond acceptors (Lipinski definition) is 9. The van der Waals surface area contributed by atoms with Crippen molar-refractivity contribution in [2.75, 3.05) is 31.5 Å². The van der Waals surface area contributed by atoms with Gasteiger partial charge in [-0.1, -0.05) is 32.4 Å². The van der Waals surface area contributed by atoms with Crippen molar-refractivity contribution < 1.29 is 38.3 Å². The Hall–Kier alpha value is -4.99. The molecule has 258 valence electrons. The molecule has 9 N–H and O–H groups in total. The van der Waals surface area contributed by atoms with Gasteiger partial charge < -0.3 is 42.8 Å². The van der Waals surface area contributed by atoms with Gasteiger partial charge in [0.15, 0.2) is 0 Å². The molecule has 47 heavy (non-hydrogen) atoms. The summed E-state index contributed by atoms with van der Waals surface area (Å²) in [6, 6.07) is 3.94. The lowest BCUT2D eigenvalue weighted by atomic mass is 10.0. The Bertz CT molecular complexity index is 1270. The van der Waals surface area contributed by atoms with Crippen LogP contribution in [0.2, 0.25) is 0 Å². The fourth-order valence-electron chi connectivity index (χ4n) is 4.50. The summed E-state index contributed by atoms with van der Waals surface area (Å²) in [6.07, 6.45) is 4.12. The molecule has 16 nitrogen and oxygen atoms in total. The third kappa shape index (κ3) is 14.3. The van der Waals surface area contributed by atoms with E-state index in [0.717, 1.165) is 4.90 Å². The standard InChI is InChI=1S/C31H46N8O8/c1-20(2)27(38-24(40)8-4-3-5-18-39-25(41)13-14-26(39)42)29(44)37-23(7-6-16-34-30(33)45)28(43)36-22-11-9-21(10-12-22)19-47-31(46)35-17-15-32/h9-14,20,23,27H,3-8,15-19,32H2,1-2H3,(H,35,46)(H,36,43)(H,37,44)(H,38,40)(H3,33,34,45). The smallest absolute Gasteiger partial charge is 0.407 e. The van der Waals surface area contributed by atoms with Crippen LogP contribution in [0, 0.1) is 5.92 Å². The maximum absolute atomic E-state index is 13.3. The lowest BCUT2D eigenvalue weighted by Crippen LogP contribution is -2.54. The molecule has 2 atom stereocenters. The topological polar surface area (TPSA) is 244 Å². The minimum atomic E-state index is -1.00. The molecular formula is C31H46N8O8. The number of nitrogens with one attached hydrogen (secondary N) is 5. The zero-order chi connectivity index (χ0) is 34.8. The zero-order valence-corrected chi connectivity index (χ0v) is 26.8. The van der Waals surface area contributed by atoms with Crippen molar-refractivity contribution in [2.24, 2.45) is 17.4 Å². The fourth-order valence-corrected chi connectivity index (χ4v) is 4.50. The molecule has 16 heteroatoms. The van der Waals surface area contributed by atoms with Crippen LogP contribution in [-0.4, -0.2) is 84.8 Å². The van der Waals surface area contributed by atoms with Gasteiger partial charge in [-0.05, 0) is 49.3 Å². The number of carbonyl (C=O) groups excluding carboxylic acids is 7. The minimum absolute atomic E-state index is 0.0107. The molecule has 8 amide bonds. The van der Waals surface area contributed by atoms with Crippen LogP contribution in [-0.2, 0) is 35.3 Å². The molecule has 0 aliphatic carbocycles. The highest BCUT2D eigenvalue weighted by Crippen LogP contribution is 2.13. The molecule has 0 saturated carbocycles. The first-order chi connectivity index (χ1) is 22.4. The van der Waals surface area contributed by atoms with E-state index >= 15 is 0 Å². The summed E-state index contributed by atoms with van der Waals surface area (Å²) in [7, 11) is 0. The largest absolute Gasteiger partial charge is 0.445 e. The van der Waals surface area contributed by atoms with Crippen LogP contribution < -0.4 is 38.1 Å². The van der Waals surface area contributed by atoms with E-state index in [9.17, 15) is 33.6 Å². The average Bonchev–Trinajstić information content (AvgIpc) is 3.35. The normalized spacial score (nSPS) is 13.6. The van der Waals surface area contributed by atoms with E-state index in [1.54, 1.807) is 38.1 Å². The minimum Gasteiger partial charge on any atom is -0.445 e. The molecule has 2 unspecified atom stereocenters. The highest BCUT2D eigenvalue weighted by atomic mass is 16.5. The van der Waals surface area contributed by atoms with Crippen molar-refractivity contribution in [2.45, 2.75) is 71.1 Å². The maximum Gasteiger partial charge on any atom is 0.407 e. The fraction of sp³-hybridized carbons (Fsp3) is 0.516. The van der Waals surface area contributed by atoms with Crippen LogP contribution in [0.5, 0.6) is 0 Å². The first kappa shape index (κ1) is 38.2. The van der Waals surface area contributed by atoms with Crippen LogP contribution in [0.25, 0.3) is 0 Å². The second-order valence-corrected chi connectivity index (χ2v) is 11.2. The summed E-state index contributed by atoms with van der Waals surface area (Å²) in [5.74, 6) is -2.40. The van der Waals surface area contributed by atoms with Crippen molar-refractivity contribution in [1.82, 2.24) is 26.2 Å². The van der Waals surface area contributed by atoms with Gasteiger partial charge in [0, 0.05) is 50.4 Å². The van der Waals surface area contributed by atoms with Crippen LogP contribution in [0.4, 0.5) is 15.3 Å². The summed E-state index contributed by atoms with van der Waals surface area (Å²) in [5, 5.41) is 13.2. The predicted octanol–water partition coefficient (Wildman–Crippen LogP) is 0.370. The number of benzene rings is 1. The molecule has 1 aromatic carbocycles. The van der Waals surface area contributed by atoms with Crippen LogP contribution >= 0.6 is 0 Å². The van der Waals surface area contributed by atoms with Crippen molar-refractivity contribution in [1.29, 1.82) is 0 Å². The molecule has 0 bridgehead atoms. The van der Waals surface area contributed by atoms with Crippen LogP contribution in [0.1, 0.15) is 57.9 Å². The Morgan fingerprint density at radius 1 is 0.851 bits per heavy atom. The van der Waals surface area contributed by atoms with Gasteiger partial charge in [-0.15, -0.1) is 0 Å². The SMILES string of the molecule is CC(C)C(NC(=O)CCCCCN1C(=O)C=CC1=O)C(=O)NC(CCCNC(N)=O)C(=O)Nc1ccc(COC(=O)NCCN)cc1. The number of carbonyl (C=O) groups is 7. The molecule has 0 saturated heterocycles. The van der Waals surface area contributed by atoms with Crippen LogP contribution in [0.3, 0.4) is 0 Å². The summed E-state index contributed by atoms with van der Waals surface area (Å²) >= 11 is 0. The quantitative estimate of drug-likeness (QED) is 0.0755. The van der Waals surface area contributed by atoms with Crippen LogP contribution in [0.15, 0.2) is 36.4 Å². The molecular weight excluding hydrogens is 612 g/mol. The molecule has 1 heterocycles. The Morgan fingerprint density at radius 3 is 2.15 bits per heavy atom. The van der Waals surface area contributed by atoms with Crippen molar-refractivity contribution in [3.05, 3.63) is 42.0 Å². The number of alkyl carbamates (subject to hydrolysis) is 1. The highest BCUT2D eigenvalue weighted by Gasteiger charge is 2.29. The Labute approximate surface area is 273 Å². The Morgan fingerprint density at radius 2 is 1.53 bits per heavy atom. The summed E-state index contributed by atoms with van der Waals surface area (Å²) in [6.45, 7) is 4.57. The van der Waals surface area contributed by atoms with Gasteiger partial charge in [-0.25, -0.2) is 9.59 Å². The van der Waals surface area contributed by atoms with Gasteiger partial charge in [0.25, 0.3) is 11.8 Å². The number of unbranched alkanes of at least 4 members (excludes halogenated alkanes) is 2. The Kier molecular flexibility index (Phi) is 16.4. The molecule has 0 radical (unpaired) electrons. The number of ether oxygens (including phenoxy) is 1. The van der Waals surface area contributed by atoms with Gasteiger partial charge >= 0.3 is 12.1 Å². The molecule has 1 aliphatic heterocycles. The van der Waals surface area contributed by atoms with Gasteiger partial charge in [-0.2, -0.15) is 0 Å². The number of nitrogens with zero attached hydrogens (tertiary/aromatic N) is 1. The third-order valence-electron chi connectivity index (χ3n) is 7.06. The van der Waals surface area contributed by atoms with E-state index in [1.165, 1.54) is 12.2 Å². The average molecular weight is 659 g/mol. The number of rotatable bonds is 20. The molecule has 1 aliphatic rings. The lowest BCUT2D eigenvalue weighted by Gasteiger charge is -2.25. The number of nitrogens with two attached hydrogens (primary N) is 2. The van der Waals surface area contributed by atoms with E-state index in [4.69, 9.17) is 16.2 Å². The van der Waals surface area contributed by atoms with Gasteiger partial charge in [0.2, 0.25) is 17.7 Å². The number of hydrogen-bond donors (Lipinski definition) is 7. The van der Waals surface area contributed by atoms with Gasteiger partial charge in [0.1, 0.15) is 18.7 Å². The van der Waals surface area contributed by atoms with E-state index in [1.807, 2.05) is 0 Å². The van der Waals surface area contributed by atoms with E-state index in [0.29, 0.717) is 36.9 Å². The maximum atomic E-state index is 13.3. The van der Waals surface area contributed by atoms with Crippen molar-refractivity contribution in [3.63, 3.8) is 0 Å². The second-order valence-electron chi connectivity index (χ2n) is 11.2. The number of amides is 8. The number of urea groups is 1. The molecule has 0 spiro atoms. The highest BCUT2D eigenvalue weighted by molar-refractivity contribution is 6.12. The van der Waals surface area contributed by atoms with Crippen molar-refractivity contribution >= 4 is 47.3 Å².